The molecule has 0 saturated heterocycles. The number of nitrogens with one attached hydrogen (secondary N) is 1. The van der Waals surface area contributed by atoms with Gasteiger partial charge in [0, 0.05) is 5.56 Å². The highest BCUT2D eigenvalue weighted by atomic mass is 19.1. The second-order valence-corrected chi connectivity index (χ2v) is 3.99. The maximum Gasteiger partial charge on any atom is 0.134 e. The topological polar surface area (TPSA) is 25.2 Å². The summed E-state index contributed by atoms with van der Waals surface area (Å²) in [5.74, 6) is 1.32. The van der Waals surface area contributed by atoms with Gasteiger partial charge in [-0.3, -0.25) is 0 Å². The van der Waals surface area contributed by atoms with Crippen molar-refractivity contribution in [2.24, 2.45) is 0 Å². The van der Waals surface area contributed by atoms with E-state index in [1.165, 1.54) is 12.1 Å². The quantitative estimate of drug-likeness (QED) is 0.869. The fraction of sp³-hybridized carbons (Fsp3) is 0.286. The van der Waals surface area contributed by atoms with Crippen LogP contribution in [0.1, 0.15) is 25.6 Å². The average molecular weight is 233 g/mol. The SMILES string of the molecule is CCNC(C)c1ccc(-c2cccc(F)c2)o1. The molecule has 0 saturated carbocycles. The molecule has 0 aliphatic heterocycles. The van der Waals surface area contributed by atoms with Crippen molar-refractivity contribution in [3.05, 3.63) is 48.0 Å². The second-order valence-electron chi connectivity index (χ2n) is 3.99. The molecular formula is C14H16FNO. The van der Waals surface area contributed by atoms with E-state index in [0.717, 1.165) is 17.9 Å². The van der Waals surface area contributed by atoms with E-state index in [9.17, 15) is 4.39 Å². The zero-order chi connectivity index (χ0) is 12.3. The first-order chi connectivity index (χ1) is 8.20. The van der Waals surface area contributed by atoms with Crippen LogP contribution in [0, 0.1) is 5.82 Å². The molecule has 2 rings (SSSR count). The summed E-state index contributed by atoms with van der Waals surface area (Å²) in [6.07, 6.45) is 0. The first kappa shape index (κ1) is 11.9. The van der Waals surface area contributed by atoms with Gasteiger partial charge >= 0.3 is 0 Å². The summed E-state index contributed by atoms with van der Waals surface area (Å²) in [4.78, 5) is 0. The van der Waals surface area contributed by atoms with E-state index >= 15 is 0 Å². The summed E-state index contributed by atoms with van der Waals surface area (Å²) in [6, 6.07) is 10.4. The van der Waals surface area contributed by atoms with Crippen LogP contribution in [0.5, 0.6) is 0 Å². The van der Waals surface area contributed by atoms with Crippen molar-refractivity contribution >= 4 is 0 Å². The zero-order valence-corrected chi connectivity index (χ0v) is 10.0. The molecule has 2 nitrogen and oxygen atoms in total. The van der Waals surface area contributed by atoms with E-state index in [-0.39, 0.29) is 11.9 Å². The van der Waals surface area contributed by atoms with E-state index in [1.54, 1.807) is 6.07 Å². The van der Waals surface area contributed by atoms with Crippen LogP contribution in [0.15, 0.2) is 40.8 Å². The molecule has 17 heavy (non-hydrogen) atoms. The number of halogens is 1. The van der Waals surface area contributed by atoms with Gasteiger partial charge in [-0.15, -0.1) is 0 Å². The maximum atomic E-state index is 13.1. The highest BCUT2D eigenvalue weighted by molar-refractivity contribution is 5.57. The van der Waals surface area contributed by atoms with Gasteiger partial charge in [-0.05, 0) is 37.7 Å². The molecule has 3 heteroatoms. The molecule has 0 fully saturated rings. The van der Waals surface area contributed by atoms with Crippen LogP contribution in [-0.4, -0.2) is 6.54 Å². The molecule has 0 amide bonds. The molecule has 1 aromatic heterocycles. The van der Waals surface area contributed by atoms with Gasteiger partial charge in [-0.25, -0.2) is 4.39 Å². The highest BCUT2D eigenvalue weighted by Gasteiger charge is 2.10. The molecule has 0 radical (unpaired) electrons. The standard InChI is InChI=1S/C14H16FNO/c1-3-16-10(2)13-7-8-14(17-13)11-5-4-6-12(15)9-11/h4-10,16H,3H2,1-2H3. The molecule has 1 heterocycles. The molecule has 90 valence electrons. The molecule has 1 aromatic carbocycles. The summed E-state index contributed by atoms with van der Waals surface area (Å²) in [7, 11) is 0. The van der Waals surface area contributed by atoms with Gasteiger partial charge in [0.1, 0.15) is 17.3 Å². The summed E-state index contributed by atoms with van der Waals surface area (Å²) >= 11 is 0. The normalized spacial score (nSPS) is 12.6. The lowest BCUT2D eigenvalue weighted by molar-refractivity contribution is 0.445. The summed E-state index contributed by atoms with van der Waals surface area (Å²) in [6.45, 7) is 4.97. The maximum absolute atomic E-state index is 13.1. The smallest absolute Gasteiger partial charge is 0.134 e. The minimum Gasteiger partial charge on any atom is -0.459 e. The van der Waals surface area contributed by atoms with Crippen molar-refractivity contribution in [1.29, 1.82) is 0 Å². The van der Waals surface area contributed by atoms with E-state index < -0.39 is 0 Å². The third-order valence-electron chi connectivity index (χ3n) is 2.67. The van der Waals surface area contributed by atoms with E-state index in [0.29, 0.717) is 5.76 Å². The fourth-order valence-corrected chi connectivity index (χ4v) is 1.79. The Morgan fingerprint density at radius 1 is 1.29 bits per heavy atom. The number of hydrogen-bond donors (Lipinski definition) is 1. The monoisotopic (exact) mass is 233 g/mol. The van der Waals surface area contributed by atoms with Crippen LogP contribution in [-0.2, 0) is 0 Å². The Kier molecular flexibility index (Phi) is 3.59. The Morgan fingerprint density at radius 2 is 2.12 bits per heavy atom. The minimum atomic E-state index is -0.250. The first-order valence-corrected chi connectivity index (χ1v) is 5.79. The Bertz CT molecular complexity index is 492. The van der Waals surface area contributed by atoms with Crippen LogP contribution in [0.25, 0.3) is 11.3 Å². The van der Waals surface area contributed by atoms with Crippen LogP contribution in [0.3, 0.4) is 0 Å². The van der Waals surface area contributed by atoms with Gasteiger partial charge in [0.05, 0.1) is 6.04 Å². The summed E-state index contributed by atoms with van der Waals surface area (Å²) in [5.41, 5.74) is 0.764. The predicted octanol–water partition coefficient (Wildman–Crippen LogP) is 3.76. The van der Waals surface area contributed by atoms with E-state index in [1.807, 2.05) is 32.0 Å². The van der Waals surface area contributed by atoms with Gasteiger partial charge in [-0.2, -0.15) is 0 Å². The number of furan rings is 1. The summed E-state index contributed by atoms with van der Waals surface area (Å²) in [5, 5.41) is 3.27. The van der Waals surface area contributed by atoms with Gasteiger partial charge < -0.3 is 9.73 Å². The van der Waals surface area contributed by atoms with Crippen molar-refractivity contribution < 1.29 is 8.81 Å². The largest absolute Gasteiger partial charge is 0.459 e. The first-order valence-electron chi connectivity index (χ1n) is 5.79. The third-order valence-corrected chi connectivity index (χ3v) is 2.67. The van der Waals surface area contributed by atoms with E-state index in [4.69, 9.17) is 4.42 Å². The molecule has 0 bridgehead atoms. The zero-order valence-electron chi connectivity index (χ0n) is 10.0. The van der Waals surface area contributed by atoms with Crippen molar-refractivity contribution in [3.63, 3.8) is 0 Å². The Hall–Kier alpha value is -1.61. The Balaban J connectivity index is 2.23. The molecule has 0 aliphatic carbocycles. The molecule has 1 unspecified atom stereocenters. The molecule has 1 atom stereocenters. The second kappa shape index (κ2) is 5.15. The van der Waals surface area contributed by atoms with Crippen LogP contribution < -0.4 is 5.32 Å². The lowest BCUT2D eigenvalue weighted by atomic mass is 10.2. The van der Waals surface area contributed by atoms with E-state index in [2.05, 4.69) is 5.32 Å². The molecule has 0 spiro atoms. The van der Waals surface area contributed by atoms with Crippen molar-refractivity contribution in [2.45, 2.75) is 19.9 Å². The lowest BCUT2D eigenvalue weighted by Crippen LogP contribution is -2.16. The highest BCUT2D eigenvalue weighted by Crippen LogP contribution is 2.25. The van der Waals surface area contributed by atoms with Gasteiger partial charge in [0.25, 0.3) is 0 Å². The van der Waals surface area contributed by atoms with Crippen molar-refractivity contribution in [3.8, 4) is 11.3 Å². The molecular weight excluding hydrogens is 217 g/mol. The van der Waals surface area contributed by atoms with Crippen LogP contribution >= 0.6 is 0 Å². The number of hydrogen-bond acceptors (Lipinski definition) is 2. The minimum absolute atomic E-state index is 0.169. The van der Waals surface area contributed by atoms with Gasteiger partial charge in [0.15, 0.2) is 0 Å². The number of rotatable bonds is 4. The fourth-order valence-electron chi connectivity index (χ4n) is 1.79. The Labute approximate surface area is 100 Å². The number of benzene rings is 1. The Morgan fingerprint density at radius 3 is 2.82 bits per heavy atom. The van der Waals surface area contributed by atoms with Crippen molar-refractivity contribution in [1.82, 2.24) is 5.32 Å². The van der Waals surface area contributed by atoms with Gasteiger partial charge in [-0.1, -0.05) is 19.1 Å². The molecule has 1 N–H and O–H groups in total. The summed E-state index contributed by atoms with van der Waals surface area (Å²) < 4.78 is 18.8. The van der Waals surface area contributed by atoms with Crippen LogP contribution in [0.2, 0.25) is 0 Å². The van der Waals surface area contributed by atoms with Crippen LogP contribution in [0.4, 0.5) is 4.39 Å². The third kappa shape index (κ3) is 2.74. The molecule has 0 aliphatic rings. The van der Waals surface area contributed by atoms with Gasteiger partial charge in [0.2, 0.25) is 0 Å². The predicted molar refractivity (Wildman–Crippen MR) is 66.2 cm³/mol. The van der Waals surface area contributed by atoms with Crippen molar-refractivity contribution in [2.75, 3.05) is 6.54 Å². The molecule has 2 aromatic rings. The average Bonchev–Trinajstić information content (AvgIpc) is 2.78. The lowest BCUT2D eigenvalue weighted by Gasteiger charge is -2.08.